The number of nitro groups is 1. The van der Waals surface area contributed by atoms with E-state index >= 15 is 0 Å². The van der Waals surface area contributed by atoms with E-state index in [2.05, 4.69) is 5.32 Å². The average Bonchev–Trinajstić information content (AvgIpc) is 2.42. The van der Waals surface area contributed by atoms with Gasteiger partial charge < -0.3 is 10.4 Å². The van der Waals surface area contributed by atoms with E-state index in [0.29, 0.717) is 9.32 Å². The van der Waals surface area contributed by atoms with Gasteiger partial charge in [0.25, 0.3) is 11.6 Å². The van der Waals surface area contributed by atoms with Crippen molar-refractivity contribution in [1.29, 1.82) is 0 Å². The Bertz CT molecular complexity index is 567. The molecule has 1 aromatic rings. The van der Waals surface area contributed by atoms with Gasteiger partial charge in [0.15, 0.2) is 0 Å². The van der Waals surface area contributed by atoms with Crippen LogP contribution in [0, 0.1) is 13.7 Å². The predicted molar refractivity (Wildman–Crippen MR) is 87.7 cm³/mol. The molecule has 0 aliphatic heterocycles. The number of nitrogens with one attached hydrogen (secondary N) is 1. The largest absolute Gasteiger partial charge is 0.480 e. The molecule has 1 amide bonds. The molecule has 114 valence electrons. The highest BCUT2D eigenvalue weighted by Crippen LogP contribution is 2.19. The molecule has 2 N–H and O–H groups in total. The third-order valence-corrected chi connectivity index (χ3v) is 4.20. The highest BCUT2D eigenvalue weighted by molar-refractivity contribution is 14.1. The lowest BCUT2D eigenvalue weighted by Crippen LogP contribution is -2.41. The number of thioether (sulfide) groups is 1. The van der Waals surface area contributed by atoms with Gasteiger partial charge in [0.1, 0.15) is 6.04 Å². The number of carboxylic acid groups (broad SMARTS) is 1. The Balaban J connectivity index is 2.94. The Kier molecular flexibility index (Phi) is 6.89. The maximum Gasteiger partial charge on any atom is 0.326 e. The number of hydrogen-bond acceptors (Lipinski definition) is 5. The Morgan fingerprint density at radius 3 is 2.71 bits per heavy atom. The minimum atomic E-state index is -1.13. The third kappa shape index (κ3) is 5.16. The summed E-state index contributed by atoms with van der Waals surface area (Å²) in [4.78, 5) is 33.3. The Morgan fingerprint density at radius 1 is 1.52 bits per heavy atom. The zero-order chi connectivity index (χ0) is 16.0. The van der Waals surface area contributed by atoms with Crippen LogP contribution in [0.3, 0.4) is 0 Å². The molecule has 7 nitrogen and oxygen atoms in total. The summed E-state index contributed by atoms with van der Waals surface area (Å²) in [5, 5.41) is 22.2. The number of nitrogens with zero attached hydrogens (tertiary/aromatic N) is 1. The highest BCUT2D eigenvalue weighted by Gasteiger charge is 2.22. The molecule has 0 radical (unpaired) electrons. The van der Waals surface area contributed by atoms with Gasteiger partial charge in [-0.1, -0.05) is 0 Å². The van der Waals surface area contributed by atoms with E-state index in [1.54, 1.807) is 0 Å². The van der Waals surface area contributed by atoms with Crippen molar-refractivity contribution in [2.45, 2.75) is 12.5 Å². The number of amides is 1. The topological polar surface area (TPSA) is 110 Å². The van der Waals surface area contributed by atoms with Crippen molar-refractivity contribution in [2.75, 3.05) is 12.0 Å². The Hall–Kier alpha value is -1.36. The molecular formula is C12H13IN2O5S. The molecule has 0 aliphatic carbocycles. The van der Waals surface area contributed by atoms with E-state index in [-0.39, 0.29) is 17.7 Å². The SMILES string of the molecule is CSCCC(NC(=O)c1cc([N+](=O)[O-])ccc1I)C(=O)O. The van der Waals surface area contributed by atoms with Crippen LogP contribution in [0.4, 0.5) is 5.69 Å². The van der Waals surface area contributed by atoms with E-state index < -0.39 is 22.8 Å². The zero-order valence-corrected chi connectivity index (χ0v) is 14.0. The van der Waals surface area contributed by atoms with E-state index in [1.165, 1.54) is 23.9 Å². The quantitative estimate of drug-likeness (QED) is 0.394. The molecule has 0 aromatic heterocycles. The first-order valence-corrected chi connectivity index (χ1v) is 8.30. The predicted octanol–water partition coefficient (Wildman–Crippen LogP) is 2.14. The molecule has 1 aromatic carbocycles. The summed E-state index contributed by atoms with van der Waals surface area (Å²) in [6.45, 7) is 0. The fourth-order valence-corrected chi connectivity index (χ4v) is 2.58. The van der Waals surface area contributed by atoms with Crippen molar-refractivity contribution in [3.8, 4) is 0 Å². The number of non-ortho nitro benzene ring substituents is 1. The van der Waals surface area contributed by atoms with Crippen molar-refractivity contribution in [3.05, 3.63) is 37.4 Å². The number of carbonyl (C=O) groups excluding carboxylic acids is 1. The van der Waals surface area contributed by atoms with Gasteiger partial charge in [-0.15, -0.1) is 0 Å². The lowest BCUT2D eigenvalue weighted by atomic mass is 10.1. The molecule has 0 bridgehead atoms. The summed E-state index contributed by atoms with van der Waals surface area (Å²) < 4.78 is 0.518. The second-order valence-corrected chi connectivity index (χ2v) is 6.21. The zero-order valence-electron chi connectivity index (χ0n) is 11.0. The van der Waals surface area contributed by atoms with Gasteiger partial charge in [0.2, 0.25) is 0 Å². The van der Waals surface area contributed by atoms with Crippen LogP contribution in [0.5, 0.6) is 0 Å². The normalized spacial score (nSPS) is 11.7. The number of carbonyl (C=O) groups is 2. The number of halogens is 1. The molecule has 0 spiro atoms. The molecular weight excluding hydrogens is 411 g/mol. The van der Waals surface area contributed by atoms with Crippen LogP contribution in [0.1, 0.15) is 16.8 Å². The first-order chi connectivity index (χ1) is 9.86. The van der Waals surface area contributed by atoms with Crippen molar-refractivity contribution < 1.29 is 19.6 Å². The van der Waals surface area contributed by atoms with Gasteiger partial charge in [0, 0.05) is 15.7 Å². The molecule has 0 fully saturated rings. The van der Waals surface area contributed by atoms with Crippen molar-refractivity contribution >= 4 is 51.9 Å². The van der Waals surface area contributed by atoms with Gasteiger partial charge in [-0.3, -0.25) is 14.9 Å². The molecule has 21 heavy (non-hydrogen) atoms. The number of aliphatic carboxylic acids is 1. The summed E-state index contributed by atoms with van der Waals surface area (Å²) in [5.41, 5.74) is -0.114. The number of hydrogen-bond donors (Lipinski definition) is 2. The number of carboxylic acids is 1. The first kappa shape index (κ1) is 17.7. The van der Waals surface area contributed by atoms with Crippen molar-refractivity contribution in [2.24, 2.45) is 0 Å². The monoisotopic (exact) mass is 424 g/mol. The first-order valence-electron chi connectivity index (χ1n) is 5.83. The molecule has 9 heteroatoms. The average molecular weight is 424 g/mol. The van der Waals surface area contributed by atoms with Gasteiger partial charge >= 0.3 is 5.97 Å². The van der Waals surface area contributed by atoms with Gasteiger partial charge in [-0.25, -0.2) is 4.79 Å². The van der Waals surface area contributed by atoms with Gasteiger partial charge in [-0.05, 0) is 47.1 Å². The Morgan fingerprint density at radius 2 is 2.19 bits per heavy atom. The number of rotatable bonds is 7. The van der Waals surface area contributed by atoms with Crippen LogP contribution >= 0.6 is 34.4 Å². The van der Waals surface area contributed by atoms with Crippen LogP contribution in [-0.4, -0.2) is 40.0 Å². The number of nitro benzene ring substituents is 1. The van der Waals surface area contributed by atoms with Crippen LogP contribution in [0.25, 0.3) is 0 Å². The number of benzene rings is 1. The Labute approximate surface area is 138 Å². The molecule has 1 unspecified atom stereocenters. The third-order valence-electron chi connectivity index (χ3n) is 2.62. The van der Waals surface area contributed by atoms with Crippen LogP contribution in [0.2, 0.25) is 0 Å². The summed E-state index contributed by atoms with van der Waals surface area (Å²) in [6, 6.07) is 2.87. The van der Waals surface area contributed by atoms with Crippen LogP contribution in [0.15, 0.2) is 18.2 Å². The standard InChI is InChI=1S/C12H13IN2O5S/c1-21-5-4-10(12(17)18)14-11(16)8-6-7(15(19)20)2-3-9(8)13/h2-3,6,10H,4-5H2,1H3,(H,14,16)(H,17,18). The molecule has 0 aliphatic rings. The molecule has 0 saturated carbocycles. The van der Waals surface area contributed by atoms with E-state index in [9.17, 15) is 19.7 Å². The fourth-order valence-electron chi connectivity index (χ4n) is 1.53. The maximum absolute atomic E-state index is 12.1. The lowest BCUT2D eigenvalue weighted by molar-refractivity contribution is -0.384. The highest BCUT2D eigenvalue weighted by atomic mass is 127. The fraction of sp³-hybridized carbons (Fsp3) is 0.333. The molecule has 0 heterocycles. The van der Waals surface area contributed by atoms with E-state index in [1.807, 2.05) is 28.8 Å². The smallest absolute Gasteiger partial charge is 0.326 e. The molecule has 1 rings (SSSR count). The lowest BCUT2D eigenvalue weighted by Gasteiger charge is -2.14. The van der Waals surface area contributed by atoms with Gasteiger partial charge in [0.05, 0.1) is 10.5 Å². The van der Waals surface area contributed by atoms with Gasteiger partial charge in [-0.2, -0.15) is 11.8 Å². The maximum atomic E-state index is 12.1. The summed E-state index contributed by atoms with van der Waals surface area (Å²) in [7, 11) is 0. The second-order valence-electron chi connectivity index (χ2n) is 4.07. The molecule has 0 saturated heterocycles. The van der Waals surface area contributed by atoms with Crippen molar-refractivity contribution in [1.82, 2.24) is 5.32 Å². The van der Waals surface area contributed by atoms with Crippen LogP contribution < -0.4 is 5.32 Å². The summed E-state index contributed by atoms with van der Waals surface area (Å²) in [5.74, 6) is -1.17. The van der Waals surface area contributed by atoms with Crippen molar-refractivity contribution in [3.63, 3.8) is 0 Å². The minimum absolute atomic E-state index is 0.0974. The molecule has 1 atom stereocenters. The summed E-state index contributed by atoms with van der Waals surface area (Å²) >= 11 is 3.35. The second kappa shape index (κ2) is 8.17. The van der Waals surface area contributed by atoms with E-state index in [4.69, 9.17) is 5.11 Å². The van der Waals surface area contributed by atoms with E-state index in [0.717, 1.165) is 6.07 Å². The summed E-state index contributed by atoms with van der Waals surface area (Å²) in [6.07, 6.45) is 2.12. The minimum Gasteiger partial charge on any atom is -0.480 e. The van der Waals surface area contributed by atoms with Crippen LogP contribution in [-0.2, 0) is 4.79 Å².